The van der Waals surface area contributed by atoms with Gasteiger partial charge in [-0.15, -0.1) is 10.2 Å². The topological polar surface area (TPSA) is 111 Å². The van der Waals surface area contributed by atoms with Gasteiger partial charge in [0.15, 0.2) is 0 Å². The number of carbonyl (C=O) groups is 1. The lowest BCUT2D eigenvalue weighted by Gasteiger charge is -2.25. The van der Waals surface area contributed by atoms with Gasteiger partial charge in [-0.2, -0.15) is 5.21 Å². The summed E-state index contributed by atoms with van der Waals surface area (Å²) in [4.78, 5) is 17.5. The Balaban J connectivity index is 1.19. The first-order chi connectivity index (χ1) is 22.1. The third-order valence-electron chi connectivity index (χ3n) is 8.49. The number of nitrogens with one attached hydrogen (secondary N) is 2. The van der Waals surface area contributed by atoms with Gasteiger partial charge in [-0.25, -0.2) is 4.98 Å². The Morgan fingerprint density at radius 3 is 2.42 bits per heavy atom. The van der Waals surface area contributed by atoms with Crippen LogP contribution in [0.15, 0.2) is 84.9 Å². The lowest BCUT2D eigenvalue weighted by Crippen LogP contribution is -2.18. The third kappa shape index (κ3) is 5.91. The van der Waals surface area contributed by atoms with Crippen LogP contribution in [-0.4, -0.2) is 43.1 Å². The molecule has 226 valence electrons. The van der Waals surface area contributed by atoms with E-state index >= 15 is 0 Å². The van der Waals surface area contributed by atoms with E-state index < -0.39 is 0 Å². The van der Waals surface area contributed by atoms with Crippen LogP contribution in [0, 0.1) is 0 Å². The van der Waals surface area contributed by atoms with Gasteiger partial charge >= 0.3 is 0 Å². The molecule has 0 unspecified atom stereocenters. The smallest absolute Gasteiger partial charge is 0.251 e. The fourth-order valence-electron chi connectivity index (χ4n) is 6.21. The predicted molar refractivity (Wildman–Crippen MR) is 175 cm³/mol. The summed E-state index contributed by atoms with van der Waals surface area (Å²) in [6.07, 6.45) is 5.99. The highest BCUT2D eigenvalue weighted by Gasteiger charge is 2.23. The summed E-state index contributed by atoms with van der Waals surface area (Å²) in [7, 11) is 1.63. The van der Waals surface area contributed by atoms with E-state index in [1.54, 1.807) is 7.05 Å². The Morgan fingerprint density at radius 1 is 0.933 bits per heavy atom. The minimum atomic E-state index is -0.145. The first-order valence-electron chi connectivity index (χ1n) is 15.2. The van der Waals surface area contributed by atoms with Gasteiger partial charge < -0.3 is 14.6 Å². The average molecular weight is 618 g/mol. The van der Waals surface area contributed by atoms with Crippen molar-refractivity contribution in [3.63, 3.8) is 0 Å². The fourth-order valence-corrected chi connectivity index (χ4v) is 6.33. The Bertz CT molecular complexity index is 1950. The van der Waals surface area contributed by atoms with E-state index in [2.05, 4.69) is 48.7 Å². The number of tetrazole rings is 1. The number of rotatable bonds is 8. The summed E-state index contributed by atoms with van der Waals surface area (Å²) in [6, 6.07) is 28.0. The monoisotopic (exact) mass is 617 g/mol. The first-order valence-corrected chi connectivity index (χ1v) is 15.5. The Labute approximate surface area is 265 Å². The van der Waals surface area contributed by atoms with Crippen molar-refractivity contribution in [2.75, 3.05) is 7.05 Å². The van der Waals surface area contributed by atoms with Crippen LogP contribution in [0.5, 0.6) is 5.75 Å². The SMILES string of the molecule is CNC(=O)c1ccc(-c2ccc(Cl)cc2)c(COc2ccc(-c3nc4cc(-c5nn[nH]n5)ccc4n3C3CCCCC3)cc2)c1. The number of aromatic amines is 1. The second-order valence-electron chi connectivity index (χ2n) is 11.3. The molecule has 6 aromatic rings. The molecule has 1 fully saturated rings. The molecule has 1 aliphatic rings. The molecular weight excluding hydrogens is 586 g/mol. The maximum Gasteiger partial charge on any atom is 0.251 e. The zero-order valence-electron chi connectivity index (χ0n) is 24.8. The van der Waals surface area contributed by atoms with Crippen LogP contribution in [0.3, 0.4) is 0 Å². The van der Waals surface area contributed by atoms with Crippen molar-refractivity contribution in [1.82, 2.24) is 35.5 Å². The number of aromatic nitrogens is 6. The lowest BCUT2D eigenvalue weighted by molar-refractivity contribution is 0.0963. The summed E-state index contributed by atoms with van der Waals surface area (Å²) in [5.41, 5.74) is 7.37. The Morgan fingerprint density at radius 2 is 1.69 bits per heavy atom. The summed E-state index contributed by atoms with van der Waals surface area (Å²) in [5.74, 6) is 2.07. The molecule has 9 nitrogen and oxygen atoms in total. The Hall–Kier alpha value is -5.02. The van der Waals surface area contributed by atoms with Gasteiger partial charge in [-0.1, -0.05) is 49.1 Å². The van der Waals surface area contributed by atoms with Crippen molar-refractivity contribution in [3.05, 3.63) is 101 Å². The van der Waals surface area contributed by atoms with E-state index in [1.807, 2.05) is 66.7 Å². The van der Waals surface area contributed by atoms with Gasteiger partial charge in [0.1, 0.15) is 18.2 Å². The van der Waals surface area contributed by atoms with Gasteiger partial charge in [-0.3, -0.25) is 4.79 Å². The van der Waals surface area contributed by atoms with E-state index in [0.29, 0.717) is 29.1 Å². The van der Waals surface area contributed by atoms with Crippen molar-refractivity contribution < 1.29 is 9.53 Å². The maximum atomic E-state index is 12.4. The van der Waals surface area contributed by atoms with E-state index in [1.165, 1.54) is 19.3 Å². The molecule has 0 radical (unpaired) electrons. The number of hydrogen-bond donors (Lipinski definition) is 2. The second kappa shape index (κ2) is 12.5. The molecular formula is C35H32ClN7O2. The van der Waals surface area contributed by atoms with E-state index in [4.69, 9.17) is 21.3 Å². The van der Waals surface area contributed by atoms with Gasteiger partial charge in [-0.05, 0) is 101 Å². The van der Waals surface area contributed by atoms with Crippen molar-refractivity contribution in [3.8, 4) is 39.7 Å². The predicted octanol–water partition coefficient (Wildman–Crippen LogP) is 7.65. The number of carbonyl (C=O) groups excluding carboxylic acids is 1. The van der Waals surface area contributed by atoms with Crippen molar-refractivity contribution >= 4 is 28.5 Å². The molecule has 10 heteroatoms. The van der Waals surface area contributed by atoms with Crippen LogP contribution in [-0.2, 0) is 6.61 Å². The number of benzene rings is 4. The zero-order valence-corrected chi connectivity index (χ0v) is 25.6. The van der Waals surface area contributed by atoms with Crippen LogP contribution in [0.4, 0.5) is 0 Å². The molecule has 1 amide bonds. The summed E-state index contributed by atoms with van der Waals surface area (Å²) >= 11 is 6.14. The standard InChI is InChI=1S/C35H32ClN7O2/c1-37-35(44)25-11-17-30(22-7-13-27(36)14-8-22)26(19-25)21-45-29-15-9-23(10-16-29)34-38-31-20-24(33-39-41-42-40-33)12-18-32(31)43(34)28-5-3-2-4-6-28/h7-20,28H,2-6,21H2,1H3,(H,37,44)(H,39,40,41,42). The quantitative estimate of drug-likeness (QED) is 0.181. The zero-order chi connectivity index (χ0) is 30.8. The number of ether oxygens (including phenoxy) is 1. The molecule has 2 N–H and O–H groups in total. The number of halogens is 1. The van der Waals surface area contributed by atoms with Gasteiger partial charge in [0, 0.05) is 34.8 Å². The molecule has 0 aliphatic heterocycles. The summed E-state index contributed by atoms with van der Waals surface area (Å²) in [6.45, 7) is 0.293. The molecule has 0 bridgehead atoms. The molecule has 2 aromatic heterocycles. The largest absolute Gasteiger partial charge is 0.489 e. The molecule has 0 saturated heterocycles. The molecule has 7 rings (SSSR count). The molecule has 2 heterocycles. The molecule has 1 aliphatic carbocycles. The second-order valence-corrected chi connectivity index (χ2v) is 11.7. The van der Waals surface area contributed by atoms with Crippen molar-refractivity contribution in [2.24, 2.45) is 0 Å². The number of amides is 1. The highest BCUT2D eigenvalue weighted by atomic mass is 35.5. The highest BCUT2D eigenvalue weighted by Crippen LogP contribution is 2.37. The number of fused-ring (bicyclic) bond motifs is 1. The van der Waals surface area contributed by atoms with Gasteiger partial charge in [0.25, 0.3) is 5.91 Å². The van der Waals surface area contributed by atoms with E-state index in [9.17, 15) is 4.79 Å². The fraction of sp³-hybridized carbons (Fsp3) is 0.229. The third-order valence-corrected chi connectivity index (χ3v) is 8.74. The molecule has 1 saturated carbocycles. The maximum absolute atomic E-state index is 12.4. The number of imidazole rings is 1. The summed E-state index contributed by atoms with van der Waals surface area (Å²) < 4.78 is 8.70. The van der Waals surface area contributed by atoms with Crippen LogP contribution in [0.2, 0.25) is 5.02 Å². The average Bonchev–Trinajstić information content (AvgIpc) is 3.77. The van der Waals surface area contributed by atoms with Crippen LogP contribution < -0.4 is 10.1 Å². The van der Waals surface area contributed by atoms with Crippen LogP contribution in [0.25, 0.3) is 44.9 Å². The van der Waals surface area contributed by atoms with Crippen molar-refractivity contribution in [2.45, 2.75) is 44.8 Å². The van der Waals surface area contributed by atoms with E-state index in [0.717, 1.165) is 63.3 Å². The van der Waals surface area contributed by atoms with Crippen molar-refractivity contribution in [1.29, 1.82) is 0 Å². The minimum Gasteiger partial charge on any atom is -0.489 e. The number of hydrogen-bond acceptors (Lipinski definition) is 6. The molecule has 45 heavy (non-hydrogen) atoms. The Kier molecular flexibility index (Phi) is 8.00. The molecule has 0 atom stereocenters. The number of H-pyrrole nitrogens is 1. The lowest BCUT2D eigenvalue weighted by atomic mass is 9.95. The first kappa shape index (κ1) is 28.7. The molecule has 0 spiro atoms. The van der Waals surface area contributed by atoms with Gasteiger partial charge in [0.2, 0.25) is 5.82 Å². The van der Waals surface area contributed by atoms with E-state index in [-0.39, 0.29) is 5.91 Å². The molecule has 4 aromatic carbocycles. The van der Waals surface area contributed by atoms with Crippen LogP contribution in [0.1, 0.15) is 54.1 Å². The van der Waals surface area contributed by atoms with Crippen LogP contribution >= 0.6 is 11.6 Å². The normalized spacial score (nSPS) is 13.6. The van der Waals surface area contributed by atoms with Gasteiger partial charge in [0.05, 0.1) is 11.0 Å². The number of nitrogens with zero attached hydrogens (tertiary/aromatic N) is 5. The summed E-state index contributed by atoms with van der Waals surface area (Å²) in [5, 5.41) is 17.9. The highest BCUT2D eigenvalue weighted by molar-refractivity contribution is 6.30. The minimum absolute atomic E-state index is 0.145.